The number of nitro groups is 1. The van der Waals surface area contributed by atoms with Crippen molar-refractivity contribution in [2.24, 2.45) is 0 Å². The number of non-ortho nitro benzene ring substituents is 1. The van der Waals surface area contributed by atoms with Crippen molar-refractivity contribution in [3.8, 4) is 0 Å². The van der Waals surface area contributed by atoms with Crippen molar-refractivity contribution in [1.29, 1.82) is 0 Å². The Balaban J connectivity index is 2.24. The molecule has 2 rings (SSSR count). The lowest BCUT2D eigenvalue weighted by Gasteiger charge is -2.11. The van der Waals surface area contributed by atoms with E-state index < -0.39 is 28.6 Å². The minimum atomic E-state index is -0.997. The summed E-state index contributed by atoms with van der Waals surface area (Å²) in [6.07, 6.45) is 1.30. The summed E-state index contributed by atoms with van der Waals surface area (Å²) in [6.45, 7) is 3.17. The van der Waals surface area contributed by atoms with Crippen molar-refractivity contribution in [3.05, 3.63) is 40.1 Å². The Kier molecular flexibility index (Phi) is 4.93. The molecule has 0 saturated carbocycles. The van der Waals surface area contributed by atoms with E-state index in [4.69, 9.17) is 4.74 Å². The normalized spacial score (nSPS) is 11.8. The molecule has 126 valence electrons. The summed E-state index contributed by atoms with van der Waals surface area (Å²) in [7, 11) is 0. The van der Waals surface area contributed by atoms with Crippen LogP contribution in [0.1, 0.15) is 24.2 Å². The van der Waals surface area contributed by atoms with Crippen molar-refractivity contribution in [1.82, 2.24) is 10.3 Å². The van der Waals surface area contributed by atoms with Crippen molar-refractivity contribution in [2.45, 2.75) is 19.9 Å². The van der Waals surface area contributed by atoms with Gasteiger partial charge >= 0.3 is 5.97 Å². The van der Waals surface area contributed by atoms with Crippen LogP contribution >= 0.6 is 0 Å². The van der Waals surface area contributed by atoms with Gasteiger partial charge in [-0.3, -0.25) is 19.7 Å². The third-order valence-corrected chi connectivity index (χ3v) is 3.31. The molecule has 9 nitrogen and oxygen atoms in total. The van der Waals surface area contributed by atoms with E-state index in [2.05, 4.69) is 10.3 Å². The first-order valence-corrected chi connectivity index (χ1v) is 7.12. The van der Waals surface area contributed by atoms with E-state index in [-0.39, 0.29) is 23.2 Å². The topological polar surface area (TPSA) is 131 Å². The van der Waals surface area contributed by atoms with Crippen molar-refractivity contribution < 1.29 is 24.0 Å². The summed E-state index contributed by atoms with van der Waals surface area (Å²) < 4.78 is 4.74. The molecule has 9 heteroatoms. The molecule has 1 aromatic carbocycles. The molecular formula is C15H15N3O6. The molecule has 1 atom stereocenters. The maximum Gasteiger partial charge on any atom is 0.328 e. The first kappa shape index (κ1) is 17.1. The number of rotatable bonds is 6. The highest BCUT2D eigenvalue weighted by molar-refractivity contribution is 6.45. The Morgan fingerprint density at radius 1 is 1.38 bits per heavy atom. The van der Waals surface area contributed by atoms with Crippen LogP contribution in [0.25, 0.3) is 10.9 Å². The number of nitrogens with one attached hydrogen (secondary N) is 2. The van der Waals surface area contributed by atoms with Crippen LogP contribution in [-0.4, -0.2) is 40.2 Å². The zero-order valence-corrected chi connectivity index (χ0v) is 13.0. The van der Waals surface area contributed by atoms with E-state index in [0.717, 1.165) is 0 Å². The second-order valence-electron chi connectivity index (χ2n) is 4.97. The van der Waals surface area contributed by atoms with E-state index in [1.54, 1.807) is 6.92 Å². The highest BCUT2D eigenvalue weighted by atomic mass is 16.6. The Hall–Kier alpha value is -3.23. The van der Waals surface area contributed by atoms with Gasteiger partial charge in [0.1, 0.15) is 6.04 Å². The maximum atomic E-state index is 12.3. The van der Waals surface area contributed by atoms with Crippen LogP contribution in [0.4, 0.5) is 5.69 Å². The van der Waals surface area contributed by atoms with E-state index >= 15 is 0 Å². The number of aromatic nitrogens is 1. The van der Waals surface area contributed by atoms with Crippen LogP contribution < -0.4 is 5.32 Å². The van der Waals surface area contributed by atoms with Gasteiger partial charge in [-0.05, 0) is 19.9 Å². The average Bonchev–Trinajstić information content (AvgIpc) is 2.97. The van der Waals surface area contributed by atoms with Crippen molar-refractivity contribution >= 4 is 34.3 Å². The van der Waals surface area contributed by atoms with Gasteiger partial charge in [-0.25, -0.2) is 4.79 Å². The maximum absolute atomic E-state index is 12.3. The third-order valence-electron chi connectivity index (χ3n) is 3.31. The first-order chi connectivity index (χ1) is 11.3. The fourth-order valence-corrected chi connectivity index (χ4v) is 2.12. The van der Waals surface area contributed by atoms with Crippen molar-refractivity contribution in [2.75, 3.05) is 6.61 Å². The number of hydrogen-bond acceptors (Lipinski definition) is 6. The van der Waals surface area contributed by atoms with E-state index in [0.29, 0.717) is 5.52 Å². The van der Waals surface area contributed by atoms with Crippen LogP contribution in [-0.2, 0) is 14.3 Å². The number of amides is 1. The van der Waals surface area contributed by atoms with Crippen LogP contribution in [0.15, 0.2) is 24.4 Å². The number of fused-ring (bicyclic) bond motifs is 1. The Morgan fingerprint density at radius 3 is 2.71 bits per heavy atom. The van der Waals surface area contributed by atoms with Crippen LogP contribution in [0.3, 0.4) is 0 Å². The lowest BCUT2D eigenvalue weighted by Crippen LogP contribution is -2.42. The van der Waals surface area contributed by atoms with Gasteiger partial charge in [0, 0.05) is 29.2 Å². The monoisotopic (exact) mass is 333 g/mol. The Labute approximate surface area is 136 Å². The number of nitrogens with zero attached hydrogens (tertiary/aromatic N) is 1. The second-order valence-corrected chi connectivity index (χ2v) is 4.97. The zero-order valence-electron chi connectivity index (χ0n) is 13.0. The SMILES string of the molecule is CCOC(=O)[C@@H](C)NC(=O)C(=O)c1c[nH]c2ccc([N+](=O)[O-])cc12. The molecule has 0 aliphatic carbocycles. The Morgan fingerprint density at radius 2 is 2.08 bits per heavy atom. The number of aromatic amines is 1. The highest BCUT2D eigenvalue weighted by Crippen LogP contribution is 2.24. The molecule has 0 saturated heterocycles. The number of esters is 1. The molecule has 0 bridgehead atoms. The van der Waals surface area contributed by atoms with E-state index in [1.165, 1.54) is 31.3 Å². The van der Waals surface area contributed by atoms with Gasteiger partial charge in [0.2, 0.25) is 0 Å². The largest absolute Gasteiger partial charge is 0.464 e. The zero-order chi connectivity index (χ0) is 17.9. The number of hydrogen-bond donors (Lipinski definition) is 2. The molecule has 1 amide bonds. The lowest BCUT2D eigenvalue weighted by molar-refractivity contribution is -0.384. The molecule has 0 spiro atoms. The van der Waals surface area contributed by atoms with Crippen LogP contribution in [0.5, 0.6) is 0 Å². The molecule has 1 aromatic heterocycles. The van der Waals surface area contributed by atoms with E-state index in [1.807, 2.05) is 0 Å². The summed E-state index contributed by atoms with van der Waals surface area (Å²) in [4.78, 5) is 48.8. The van der Waals surface area contributed by atoms with Gasteiger partial charge in [0.15, 0.2) is 0 Å². The quantitative estimate of drug-likeness (QED) is 0.269. The van der Waals surface area contributed by atoms with Crippen LogP contribution in [0.2, 0.25) is 0 Å². The smallest absolute Gasteiger partial charge is 0.328 e. The van der Waals surface area contributed by atoms with E-state index in [9.17, 15) is 24.5 Å². The summed E-state index contributed by atoms with van der Waals surface area (Å²) in [5.41, 5.74) is 0.272. The van der Waals surface area contributed by atoms with Gasteiger partial charge in [0.25, 0.3) is 17.4 Å². The molecule has 0 aliphatic heterocycles. The number of benzene rings is 1. The summed E-state index contributed by atoms with van der Waals surface area (Å²) in [5, 5.41) is 13.3. The predicted octanol–water partition coefficient (Wildman–Crippen LogP) is 1.33. The fourth-order valence-electron chi connectivity index (χ4n) is 2.12. The molecule has 24 heavy (non-hydrogen) atoms. The number of carbonyl (C=O) groups is 3. The summed E-state index contributed by atoms with van der Waals surface area (Å²) in [5.74, 6) is -2.56. The summed E-state index contributed by atoms with van der Waals surface area (Å²) >= 11 is 0. The molecule has 0 fully saturated rings. The fraction of sp³-hybridized carbons (Fsp3) is 0.267. The number of ketones is 1. The molecule has 1 heterocycles. The van der Waals surface area contributed by atoms with Gasteiger partial charge in [-0.1, -0.05) is 0 Å². The van der Waals surface area contributed by atoms with Crippen molar-refractivity contribution in [3.63, 3.8) is 0 Å². The number of H-pyrrole nitrogens is 1. The van der Waals surface area contributed by atoms with Gasteiger partial charge in [0.05, 0.1) is 17.1 Å². The predicted molar refractivity (Wildman–Crippen MR) is 83.5 cm³/mol. The van der Waals surface area contributed by atoms with Gasteiger partial charge < -0.3 is 15.0 Å². The molecule has 2 aromatic rings. The van der Waals surface area contributed by atoms with Crippen LogP contribution in [0, 0.1) is 10.1 Å². The standard InChI is InChI=1S/C15H15N3O6/c1-3-24-15(21)8(2)17-14(20)13(19)11-7-16-12-5-4-9(18(22)23)6-10(11)12/h4-8,16H,3H2,1-2H3,(H,17,20)/t8-/m1/s1. The second kappa shape index (κ2) is 6.90. The molecule has 0 aliphatic rings. The molecular weight excluding hydrogens is 318 g/mol. The molecule has 2 N–H and O–H groups in total. The number of ether oxygens (including phenoxy) is 1. The lowest BCUT2D eigenvalue weighted by atomic mass is 10.1. The minimum Gasteiger partial charge on any atom is -0.464 e. The number of nitro benzene ring substituents is 1. The third kappa shape index (κ3) is 3.40. The number of Topliss-reactive ketones (excluding diaryl/α,β-unsaturated/α-hetero) is 1. The number of carbonyl (C=O) groups excluding carboxylic acids is 3. The van der Waals surface area contributed by atoms with Gasteiger partial charge in [-0.2, -0.15) is 0 Å². The minimum absolute atomic E-state index is 0.0118. The molecule has 0 unspecified atom stereocenters. The molecule has 0 radical (unpaired) electrons. The van der Waals surface area contributed by atoms with Gasteiger partial charge in [-0.15, -0.1) is 0 Å². The average molecular weight is 333 g/mol. The summed E-state index contributed by atoms with van der Waals surface area (Å²) in [6, 6.07) is 2.96. The Bertz CT molecular complexity index is 826. The highest BCUT2D eigenvalue weighted by Gasteiger charge is 2.25. The first-order valence-electron chi connectivity index (χ1n) is 7.12.